The number of imidazole rings is 2. The standard InChI is InChI=1S/C51H63F2N17O17P2S2/c1-25(2)37(66-32(72)14-17-68-33(73)12-13-34(68)74)47(76)65-28(6-3-4-15-56-50(55)77)46(75)64-27-10-8-26(9-11-27)18-81-51(78)57-16-5-7-31(71)67-43-39-45(61-22-59-43)70(24-63-39)49-36(53)41-30(85-49)20-83-88(79,90)86-40-29(19-82-89(80,91)87-41)84-48(35(40)52)69-23-62-38-42(54)58-21-60-44(38)69/h8-13,21-25,28-30,35-37,40-41,48-49H,3-7,14-20H2,1-2H3,(H,57,78)(H,64,75)(H,65,76)(H,66,72)(H,79,90)(H,80,91)(H2,54,58,60)(H3,55,56,77)(H,59,61,67,71)/t28-,29+,30+,35+,36+,37-,40+,41+,48+,49+,88+,89-/m0/s1. The van der Waals surface area contributed by atoms with E-state index in [1.807, 2.05) is 0 Å². The number of hydrogen-bond donors (Lipinski definition) is 10. The molecule has 8 heterocycles. The van der Waals surface area contributed by atoms with Crippen molar-refractivity contribution in [1.82, 2.24) is 65.2 Å². The molecule has 490 valence electrons. The van der Waals surface area contributed by atoms with Gasteiger partial charge in [0.15, 0.2) is 53.2 Å². The summed E-state index contributed by atoms with van der Waals surface area (Å²) in [5, 5.41) is 15.7. The van der Waals surface area contributed by atoms with E-state index in [0.29, 0.717) is 24.1 Å². The van der Waals surface area contributed by atoms with E-state index in [-0.39, 0.29) is 85.9 Å². The Kier molecular flexibility index (Phi) is 22.0. The SMILES string of the molecule is CC(C)[C@H](NC(=O)CCN1C(=O)C=CC1=O)C(=O)N[C@@H](CCCCNC(N)=O)C(=O)Nc1ccc(COC(=O)NCCCC(=O)Nc2ncnc3c2ncn3[C@@H]2O[C@@H]3CO[P@@](=O)(S)O[C@H]4[C@@H](F)[C@H](n5cnc6c(N)ncnc65)O[C@@H]4CO[P@](=O)(S)O[C@H]3[C@H]2F)cc1. The number of ether oxygens (including phenoxy) is 3. The molecule has 9 rings (SSSR count). The lowest BCUT2D eigenvalue weighted by Crippen LogP contribution is -2.54. The van der Waals surface area contributed by atoms with Crippen LogP contribution < -0.4 is 43.4 Å². The van der Waals surface area contributed by atoms with Crippen LogP contribution in [0.1, 0.15) is 70.4 Å². The van der Waals surface area contributed by atoms with Crippen LogP contribution in [0.5, 0.6) is 0 Å². The first-order chi connectivity index (χ1) is 43.3. The number of imide groups is 1. The fourth-order valence-electron chi connectivity index (χ4n) is 9.85. The van der Waals surface area contributed by atoms with E-state index in [9.17, 15) is 47.5 Å². The van der Waals surface area contributed by atoms with Gasteiger partial charge in [0.25, 0.3) is 11.8 Å². The van der Waals surface area contributed by atoms with Gasteiger partial charge in [0, 0.05) is 50.3 Å². The van der Waals surface area contributed by atoms with E-state index in [1.165, 1.54) is 10.9 Å². The Bertz CT molecular complexity index is 3670. The highest BCUT2D eigenvalue weighted by atomic mass is 32.7. The molecule has 3 fully saturated rings. The molecule has 4 aliphatic rings. The number of fused-ring (bicyclic) bond motifs is 4. The Labute approximate surface area is 525 Å². The van der Waals surface area contributed by atoms with Crippen molar-refractivity contribution in [2.24, 2.45) is 11.7 Å². The van der Waals surface area contributed by atoms with Crippen molar-refractivity contribution in [3.05, 3.63) is 67.3 Å². The van der Waals surface area contributed by atoms with Gasteiger partial charge >= 0.3 is 25.7 Å². The number of carbonyl (C=O) groups is 8. The summed E-state index contributed by atoms with van der Waals surface area (Å²) in [7, 11) is 0. The number of anilines is 3. The fourth-order valence-corrected chi connectivity index (χ4v) is 12.8. The number of aromatic nitrogens is 8. The second kappa shape index (κ2) is 29.7. The van der Waals surface area contributed by atoms with E-state index in [0.717, 1.165) is 40.6 Å². The summed E-state index contributed by atoms with van der Waals surface area (Å²) in [6, 6.07) is 3.34. The van der Waals surface area contributed by atoms with Crippen molar-refractivity contribution in [2.45, 2.75) is 120 Å². The van der Waals surface area contributed by atoms with Crippen molar-refractivity contribution in [3.63, 3.8) is 0 Å². The molecule has 9 amide bonds. The Morgan fingerprint density at radius 1 is 0.725 bits per heavy atom. The number of benzene rings is 1. The maximum absolute atomic E-state index is 16.7. The number of rotatable bonds is 23. The number of hydrogen-bond acceptors (Lipinski definition) is 24. The lowest BCUT2D eigenvalue weighted by molar-refractivity contribution is -0.137. The van der Waals surface area contributed by atoms with Gasteiger partial charge in [0.05, 0.1) is 25.9 Å². The van der Waals surface area contributed by atoms with E-state index in [2.05, 4.69) is 86.3 Å². The maximum Gasteiger partial charge on any atom is 0.407 e. The predicted octanol–water partition coefficient (Wildman–Crippen LogP) is 2.98. The minimum absolute atomic E-state index is 0.00186. The molecule has 5 aromatic rings. The lowest BCUT2D eigenvalue weighted by Gasteiger charge is -2.28. The molecule has 0 saturated carbocycles. The average Bonchev–Trinajstić information content (AvgIpc) is 1.63. The monoisotopic (exact) mass is 1350 g/mol. The highest BCUT2D eigenvalue weighted by Crippen LogP contribution is 2.60. The molecule has 1 aromatic carbocycles. The van der Waals surface area contributed by atoms with Crippen LogP contribution in [0, 0.1) is 5.92 Å². The molecule has 0 spiro atoms. The molecule has 3 saturated heterocycles. The first-order valence-corrected chi connectivity index (χ1v) is 33.5. The van der Waals surface area contributed by atoms with Crippen molar-refractivity contribution in [2.75, 3.05) is 49.2 Å². The first-order valence-electron chi connectivity index (χ1n) is 28.1. The van der Waals surface area contributed by atoms with E-state index in [1.54, 1.807) is 38.1 Å². The number of nitrogens with two attached hydrogens (primary N) is 2. The molecule has 91 heavy (non-hydrogen) atoms. The molecular weight excluding hydrogens is 1290 g/mol. The smallest absolute Gasteiger partial charge is 0.407 e. The molecule has 4 aliphatic heterocycles. The molecular formula is C51H63F2N17O17P2S2. The summed E-state index contributed by atoms with van der Waals surface area (Å²) >= 11 is 8.10. The number of alkyl carbamates (subject to hydrolysis) is 1. The number of nitrogens with one attached hydrogen (secondary N) is 6. The van der Waals surface area contributed by atoms with Gasteiger partial charge < -0.3 is 57.6 Å². The van der Waals surface area contributed by atoms with Gasteiger partial charge in [-0.3, -0.25) is 60.9 Å². The largest absolute Gasteiger partial charge is 0.445 e. The van der Waals surface area contributed by atoms with Crippen LogP contribution in [-0.4, -0.2) is 173 Å². The third-order valence-corrected chi connectivity index (χ3v) is 17.7. The summed E-state index contributed by atoms with van der Waals surface area (Å²) in [6.45, 7) is -7.42. The van der Waals surface area contributed by atoms with Gasteiger partial charge in [-0.15, -0.1) is 0 Å². The zero-order valence-corrected chi connectivity index (χ0v) is 51.9. The number of unbranched alkanes of at least 4 members (excludes halogenated alkanes) is 1. The number of primary amides is 1. The Hall–Kier alpha value is -7.80. The summed E-state index contributed by atoms with van der Waals surface area (Å²) in [5.41, 5.74) is 12.1. The molecule has 0 aliphatic carbocycles. The van der Waals surface area contributed by atoms with Crippen LogP contribution in [0.15, 0.2) is 61.7 Å². The fraction of sp³-hybridized carbons (Fsp3) is 0.490. The molecule has 40 heteroatoms. The first kappa shape index (κ1) is 67.6. The number of carbonyl (C=O) groups excluding carboxylic acids is 8. The number of halogens is 2. The van der Waals surface area contributed by atoms with Gasteiger partial charge in [-0.2, -0.15) is 0 Å². The summed E-state index contributed by atoms with van der Waals surface area (Å²) in [6.07, 6.45) is -7.38. The lowest BCUT2D eigenvalue weighted by atomic mass is 10.0. The summed E-state index contributed by atoms with van der Waals surface area (Å²) < 4.78 is 102. The predicted molar refractivity (Wildman–Crippen MR) is 319 cm³/mol. The third kappa shape index (κ3) is 17.0. The Balaban J connectivity index is 0.728. The quantitative estimate of drug-likeness (QED) is 0.0194. The summed E-state index contributed by atoms with van der Waals surface area (Å²) in [4.78, 5) is 126. The van der Waals surface area contributed by atoms with Crippen LogP contribution in [0.4, 0.5) is 35.7 Å². The minimum Gasteiger partial charge on any atom is -0.445 e. The molecule has 0 unspecified atom stereocenters. The van der Waals surface area contributed by atoms with Crippen LogP contribution in [0.25, 0.3) is 22.3 Å². The second-order valence-corrected chi connectivity index (χ2v) is 27.0. The molecule has 0 radical (unpaired) electrons. The zero-order chi connectivity index (χ0) is 65.3. The van der Waals surface area contributed by atoms with Crippen LogP contribution >= 0.6 is 38.1 Å². The highest BCUT2D eigenvalue weighted by Gasteiger charge is 2.54. The maximum atomic E-state index is 16.7. The van der Waals surface area contributed by atoms with E-state index in [4.69, 9.17) is 43.8 Å². The molecule has 34 nitrogen and oxygen atoms in total. The van der Waals surface area contributed by atoms with Gasteiger partial charge in [0.2, 0.25) is 23.6 Å². The van der Waals surface area contributed by atoms with Gasteiger partial charge in [-0.05, 0) is 49.3 Å². The number of urea groups is 1. The number of nitrogen functional groups attached to an aromatic ring is 1. The molecule has 0 bridgehead atoms. The average molecular weight is 1350 g/mol. The normalized spacial score (nSPS) is 25.6. The van der Waals surface area contributed by atoms with Crippen molar-refractivity contribution < 1.29 is 88.6 Å². The minimum atomic E-state index is -4.56. The molecule has 12 atom stereocenters. The van der Waals surface area contributed by atoms with Gasteiger partial charge in [-0.1, -0.05) is 50.5 Å². The highest BCUT2D eigenvalue weighted by molar-refractivity contribution is 8.44. The van der Waals surface area contributed by atoms with Crippen molar-refractivity contribution in [3.8, 4) is 0 Å². The van der Waals surface area contributed by atoms with E-state index < -0.39 is 142 Å². The summed E-state index contributed by atoms with van der Waals surface area (Å²) in [5.74, 6) is -4.04. The number of nitrogens with zero attached hydrogens (tertiary/aromatic N) is 9. The van der Waals surface area contributed by atoms with Crippen LogP contribution in [0.3, 0.4) is 0 Å². The van der Waals surface area contributed by atoms with Crippen molar-refractivity contribution >= 4 is 125 Å². The van der Waals surface area contributed by atoms with Gasteiger partial charge in [0.1, 0.15) is 61.3 Å². The third-order valence-electron chi connectivity index (χ3n) is 14.4. The van der Waals surface area contributed by atoms with Crippen LogP contribution in [0.2, 0.25) is 0 Å². The number of alkyl halides is 2. The Morgan fingerprint density at radius 2 is 1.31 bits per heavy atom. The molecule has 4 aromatic heterocycles. The van der Waals surface area contributed by atoms with Crippen LogP contribution in [-0.2, 0) is 76.8 Å². The topological polar surface area (TPSA) is 450 Å². The van der Waals surface area contributed by atoms with Gasteiger partial charge in [-0.25, -0.2) is 57.4 Å². The Morgan fingerprint density at radius 3 is 1.91 bits per heavy atom. The number of amides is 9. The zero-order valence-electron chi connectivity index (χ0n) is 48.3. The second-order valence-electron chi connectivity index (χ2n) is 21.2. The van der Waals surface area contributed by atoms with Crippen molar-refractivity contribution in [1.29, 1.82) is 0 Å². The number of thiol groups is 2. The van der Waals surface area contributed by atoms with E-state index >= 15 is 8.78 Å². The molecule has 10 N–H and O–H groups in total.